The van der Waals surface area contributed by atoms with Gasteiger partial charge in [0.1, 0.15) is 5.75 Å². The summed E-state index contributed by atoms with van der Waals surface area (Å²) in [5, 5.41) is 3.44. The zero-order valence-electron chi connectivity index (χ0n) is 12.0. The van der Waals surface area contributed by atoms with Gasteiger partial charge in [0.05, 0.1) is 12.2 Å². The first kappa shape index (κ1) is 14.2. The Labute approximate surface area is 116 Å². The molecule has 1 heterocycles. The first-order valence-corrected chi connectivity index (χ1v) is 7.40. The van der Waals surface area contributed by atoms with Crippen LogP contribution in [0.1, 0.15) is 39.5 Å². The quantitative estimate of drug-likeness (QED) is 0.810. The third-order valence-electron chi connectivity index (χ3n) is 3.57. The molecule has 1 aromatic rings. The van der Waals surface area contributed by atoms with E-state index in [1.807, 2.05) is 12.1 Å². The largest absolute Gasteiger partial charge is 0.491 e. The molecule has 106 valence electrons. The highest BCUT2D eigenvalue weighted by molar-refractivity contribution is 5.48. The molecule has 1 aliphatic rings. The Morgan fingerprint density at radius 1 is 1.47 bits per heavy atom. The molecule has 1 aliphatic heterocycles. The molecule has 0 saturated carbocycles. The first-order chi connectivity index (χ1) is 9.28. The summed E-state index contributed by atoms with van der Waals surface area (Å²) in [6.07, 6.45) is 5.24. The van der Waals surface area contributed by atoms with E-state index in [-0.39, 0.29) is 6.10 Å². The molecule has 0 bridgehead atoms. The summed E-state index contributed by atoms with van der Waals surface area (Å²) in [4.78, 5) is 0. The van der Waals surface area contributed by atoms with Gasteiger partial charge >= 0.3 is 0 Å². The van der Waals surface area contributed by atoms with Crippen LogP contribution >= 0.6 is 0 Å². The molecule has 3 heteroatoms. The second-order valence-electron chi connectivity index (χ2n) is 5.22. The lowest BCUT2D eigenvalue weighted by atomic mass is 10.2. The average Bonchev–Trinajstić information content (AvgIpc) is 2.92. The van der Waals surface area contributed by atoms with Crippen molar-refractivity contribution in [3.63, 3.8) is 0 Å². The van der Waals surface area contributed by atoms with Crippen LogP contribution in [0.25, 0.3) is 0 Å². The molecule has 0 spiro atoms. The minimum absolute atomic E-state index is 0.266. The Kier molecular flexibility index (Phi) is 5.52. The van der Waals surface area contributed by atoms with Gasteiger partial charge in [0.25, 0.3) is 0 Å². The van der Waals surface area contributed by atoms with Crippen molar-refractivity contribution in [2.75, 3.05) is 18.5 Å². The fraction of sp³-hybridized carbons (Fsp3) is 0.625. The summed E-state index contributed by atoms with van der Waals surface area (Å²) >= 11 is 0. The number of benzene rings is 1. The van der Waals surface area contributed by atoms with Crippen LogP contribution in [0.2, 0.25) is 0 Å². The lowest BCUT2D eigenvalue weighted by molar-refractivity contribution is 0.107. The van der Waals surface area contributed by atoms with Gasteiger partial charge in [0.2, 0.25) is 0 Å². The van der Waals surface area contributed by atoms with E-state index in [9.17, 15) is 0 Å². The third kappa shape index (κ3) is 4.75. The summed E-state index contributed by atoms with van der Waals surface area (Å²) in [5.41, 5.74) is 1.12. The number of nitrogens with one attached hydrogen (secondary N) is 1. The van der Waals surface area contributed by atoms with Crippen LogP contribution in [0.4, 0.5) is 5.69 Å². The number of hydrogen-bond acceptors (Lipinski definition) is 3. The molecule has 2 unspecified atom stereocenters. The molecule has 0 radical (unpaired) electrons. The smallest absolute Gasteiger partial charge is 0.121 e. The Bertz CT molecular complexity index is 375. The summed E-state index contributed by atoms with van der Waals surface area (Å²) < 4.78 is 11.4. The van der Waals surface area contributed by atoms with Gasteiger partial charge in [0, 0.05) is 24.9 Å². The van der Waals surface area contributed by atoms with Crippen molar-refractivity contribution in [1.82, 2.24) is 0 Å². The molecule has 0 aromatic heterocycles. The monoisotopic (exact) mass is 263 g/mol. The second-order valence-corrected chi connectivity index (χ2v) is 5.22. The lowest BCUT2D eigenvalue weighted by Gasteiger charge is -2.14. The normalized spacial score (nSPS) is 20.2. The van der Waals surface area contributed by atoms with Crippen LogP contribution in [0.5, 0.6) is 5.75 Å². The highest BCUT2D eigenvalue weighted by atomic mass is 16.5. The Hall–Kier alpha value is -1.22. The number of hydrogen-bond donors (Lipinski definition) is 1. The lowest BCUT2D eigenvalue weighted by Crippen LogP contribution is -2.13. The van der Waals surface area contributed by atoms with Gasteiger partial charge in [-0.1, -0.05) is 13.0 Å². The molecule has 19 heavy (non-hydrogen) atoms. The third-order valence-corrected chi connectivity index (χ3v) is 3.57. The van der Waals surface area contributed by atoms with Gasteiger partial charge in [-0.25, -0.2) is 0 Å². The number of ether oxygens (including phenoxy) is 2. The van der Waals surface area contributed by atoms with Gasteiger partial charge in [-0.15, -0.1) is 0 Å². The van der Waals surface area contributed by atoms with Crippen molar-refractivity contribution in [3.05, 3.63) is 24.3 Å². The first-order valence-electron chi connectivity index (χ1n) is 7.40. The van der Waals surface area contributed by atoms with Gasteiger partial charge in [-0.05, 0) is 44.7 Å². The predicted molar refractivity (Wildman–Crippen MR) is 78.9 cm³/mol. The molecular formula is C16H25NO2. The minimum atomic E-state index is 0.266. The van der Waals surface area contributed by atoms with E-state index in [0.29, 0.717) is 6.10 Å². The van der Waals surface area contributed by atoms with E-state index >= 15 is 0 Å². The highest BCUT2D eigenvalue weighted by Gasteiger charge is 2.14. The molecule has 1 saturated heterocycles. The molecule has 1 N–H and O–H groups in total. The minimum Gasteiger partial charge on any atom is -0.491 e. The zero-order chi connectivity index (χ0) is 13.5. The van der Waals surface area contributed by atoms with E-state index in [0.717, 1.165) is 37.4 Å². The van der Waals surface area contributed by atoms with Gasteiger partial charge in [0.15, 0.2) is 0 Å². The summed E-state index contributed by atoms with van der Waals surface area (Å²) in [5.74, 6) is 0.941. The van der Waals surface area contributed by atoms with E-state index in [2.05, 4.69) is 31.3 Å². The topological polar surface area (TPSA) is 30.5 Å². The maximum Gasteiger partial charge on any atom is 0.121 e. The predicted octanol–water partition coefficient (Wildman–Crippen LogP) is 3.84. The van der Waals surface area contributed by atoms with Crippen LogP contribution in [-0.2, 0) is 4.74 Å². The molecular weight excluding hydrogens is 238 g/mol. The molecule has 0 aliphatic carbocycles. The van der Waals surface area contributed by atoms with Crippen molar-refractivity contribution < 1.29 is 9.47 Å². The van der Waals surface area contributed by atoms with Gasteiger partial charge < -0.3 is 14.8 Å². The van der Waals surface area contributed by atoms with E-state index in [4.69, 9.17) is 9.47 Å². The average molecular weight is 263 g/mol. The standard InChI is InChI=1S/C16H25NO2/c1-3-13(2)19-16-7-4-6-14(12-16)17-10-9-15-8-5-11-18-15/h4,6-7,12-13,15,17H,3,5,8-11H2,1-2H3. The number of rotatable bonds is 7. The van der Waals surface area contributed by atoms with Crippen molar-refractivity contribution in [2.45, 2.75) is 51.7 Å². The van der Waals surface area contributed by atoms with Gasteiger partial charge in [-0.2, -0.15) is 0 Å². The van der Waals surface area contributed by atoms with Crippen LogP contribution < -0.4 is 10.1 Å². The van der Waals surface area contributed by atoms with Crippen LogP contribution in [0.15, 0.2) is 24.3 Å². The summed E-state index contributed by atoms with van der Waals surface area (Å²) in [6.45, 7) is 6.12. The van der Waals surface area contributed by atoms with Gasteiger partial charge in [-0.3, -0.25) is 0 Å². The van der Waals surface area contributed by atoms with E-state index < -0.39 is 0 Å². The van der Waals surface area contributed by atoms with Crippen molar-refractivity contribution in [3.8, 4) is 5.75 Å². The van der Waals surface area contributed by atoms with Crippen LogP contribution in [-0.4, -0.2) is 25.4 Å². The van der Waals surface area contributed by atoms with Crippen molar-refractivity contribution >= 4 is 5.69 Å². The van der Waals surface area contributed by atoms with E-state index in [1.54, 1.807) is 0 Å². The van der Waals surface area contributed by atoms with E-state index in [1.165, 1.54) is 12.8 Å². The van der Waals surface area contributed by atoms with Crippen molar-refractivity contribution in [2.24, 2.45) is 0 Å². The van der Waals surface area contributed by atoms with Crippen LogP contribution in [0, 0.1) is 0 Å². The fourth-order valence-electron chi connectivity index (χ4n) is 2.24. The fourth-order valence-corrected chi connectivity index (χ4v) is 2.24. The Balaban J connectivity index is 1.77. The maximum atomic E-state index is 5.82. The second kappa shape index (κ2) is 7.39. The molecule has 3 nitrogen and oxygen atoms in total. The molecule has 1 fully saturated rings. The molecule has 2 rings (SSSR count). The molecule has 1 aromatic carbocycles. The Morgan fingerprint density at radius 2 is 2.37 bits per heavy atom. The molecule has 2 atom stereocenters. The van der Waals surface area contributed by atoms with Crippen LogP contribution in [0.3, 0.4) is 0 Å². The zero-order valence-corrected chi connectivity index (χ0v) is 12.0. The summed E-state index contributed by atoms with van der Waals surface area (Å²) in [7, 11) is 0. The SMILES string of the molecule is CCC(C)Oc1cccc(NCCC2CCCO2)c1. The Morgan fingerprint density at radius 3 is 3.11 bits per heavy atom. The highest BCUT2D eigenvalue weighted by Crippen LogP contribution is 2.20. The van der Waals surface area contributed by atoms with Crippen molar-refractivity contribution in [1.29, 1.82) is 0 Å². The number of anilines is 1. The molecule has 0 amide bonds. The maximum absolute atomic E-state index is 5.82. The summed E-state index contributed by atoms with van der Waals surface area (Å²) in [6, 6.07) is 8.20.